The molecule has 6 nitrogen and oxygen atoms in total. The molecule has 1 unspecified atom stereocenters. The van der Waals surface area contributed by atoms with Crippen molar-refractivity contribution in [3.8, 4) is 11.4 Å². The topological polar surface area (TPSA) is 50.1 Å². The van der Waals surface area contributed by atoms with E-state index < -0.39 is 0 Å². The van der Waals surface area contributed by atoms with Crippen molar-refractivity contribution < 1.29 is 0 Å². The summed E-state index contributed by atoms with van der Waals surface area (Å²) in [4.78, 5) is 19.1. The molecule has 33 heavy (non-hydrogen) atoms. The van der Waals surface area contributed by atoms with Crippen molar-refractivity contribution in [3.63, 3.8) is 0 Å². The number of rotatable bonds is 4. The van der Waals surface area contributed by atoms with Gasteiger partial charge in [0, 0.05) is 35.4 Å². The zero-order valence-electron chi connectivity index (χ0n) is 18.3. The standard InChI is InChI=1S/C24H23Cl3N6/c1-31(2)21-17-10-32(11-18(17)21)23-20-24(29-12-28-23)33(15-6-3-13(25)4-7-15)22(30-20)16-8-5-14(26)9-19(16)27/h3,5-9,12-13,17-18,21H,4,10-11H2,1-2H3/t13-,17-,18+,21?/m1/s1. The summed E-state index contributed by atoms with van der Waals surface area (Å²) in [6, 6.07) is 6.14. The van der Waals surface area contributed by atoms with Gasteiger partial charge in [-0.15, -0.1) is 11.6 Å². The minimum absolute atomic E-state index is 0.0164. The van der Waals surface area contributed by atoms with E-state index in [9.17, 15) is 0 Å². The van der Waals surface area contributed by atoms with Crippen LogP contribution in [0.1, 0.15) is 6.42 Å². The number of fused-ring (bicyclic) bond motifs is 2. The predicted molar refractivity (Wildman–Crippen MR) is 135 cm³/mol. The zero-order valence-corrected chi connectivity index (χ0v) is 20.6. The highest BCUT2D eigenvalue weighted by molar-refractivity contribution is 6.36. The molecule has 3 heterocycles. The van der Waals surface area contributed by atoms with Crippen molar-refractivity contribution in [1.29, 1.82) is 0 Å². The molecule has 2 aromatic heterocycles. The lowest BCUT2D eigenvalue weighted by Crippen LogP contribution is -2.31. The Morgan fingerprint density at radius 3 is 2.55 bits per heavy atom. The van der Waals surface area contributed by atoms with Crippen LogP contribution in [-0.4, -0.2) is 63.0 Å². The van der Waals surface area contributed by atoms with Gasteiger partial charge in [0.15, 0.2) is 17.0 Å². The summed E-state index contributed by atoms with van der Waals surface area (Å²) in [6.07, 6.45) is 8.49. The maximum Gasteiger partial charge on any atom is 0.170 e. The Balaban J connectivity index is 1.49. The second-order valence-electron chi connectivity index (χ2n) is 9.19. The van der Waals surface area contributed by atoms with E-state index >= 15 is 0 Å². The molecule has 9 heteroatoms. The van der Waals surface area contributed by atoms with Gasteiger partial charge in [0.05, 0.1) is 10.4 Å². The lowest BCUT2D eigenvalue weighted by molar-refractivity contribution is 0.356. The third-order valence-electron chi connectivity index (χ3n) is 6.93. The van der Waals surface area contributed by atoms with Gasteiger partial charge >= 0.3 is 0 Å². The lowest BCUT2D eigenvalue weighted by Gasteiger charge is -2.23. The summed E-state index contributed by atoms with van der Waals surface area (Å²) in [6.45, 7) is 1.97. The molecular weight excluding hydrogens is 479 g/mol. The number of anilines is 1. The molecule has 0 N–H and O–H groups in total. The van der Waals surface area contributed by atoms with Crippen LogP contribution in [0.5, 0.6) is 0 Å². The van der Waals surface area contributed by atoms with Gasteiger partial charge in [-0.3, -0.25) is 4.57 Å². The van der Waals surface area contributed by atoms with Crippen LogP contribution in [0.15, 0.2) is 42.8 Å². The van der Waals surface area contributed by atoms with Crippen molar-refractivity contribution >= 4 is 57.5 Å². The highest BCUT2D eigenvalue weighted by atomic mass is 35.5. The van der Waals surface area contributed by atoms with Gasteiger partial charge in [-0.1, -0.05) is 35.4 Å². The van der Waals surface area contributed by atoms with Crippen LogP contribution in [0.4, 0.5) is 5.82 Å². The second kappa shape index (κ2) is 7.98. The van der Waals surface area contributed by atoms with Crippen LogP contribution >= 0.6 is 34.8 Å². The maximum absolute atomic E-state index is 6.62. The minimum Gasteiger partial charge on any atom is -0.354 e. The molecule has 1 saturated carbocycles. The number of hydrogen-bond donors (Lipinski definition) is 0. The first-order chi connectivity index (χ1) is 15.9. The highest BCUT2D eigenvalue weighted by Gasteiger charge is 2.57. The second-order valence-corrected chi connectivity index (χ2v) is 10.6. The smallest absolute Gasteiger partial charge is 0.170 e. The lowest BCUT2D eigenvalue weighted by atomic mass is 10.1. The first kappa shape index (κ1) is 21.4. The normalized spacial score (nSPS) is 26.2. The summed E-state index contributed by atoms with van der Waals surface area (Å²) in [5.41, 5.74) is 3.31. The molecular formula is C24H23Cl3N6. The third-order valence-corrected chi connectivity index (χ3v) is 7.80. The summed E-state index contributed by atoms with van der Waals surface area (Å²) in [5, 5.41) is 1.11. The Labute approximate surface area is 207 Å². The number of aromatic nitrogens is 4. The fourth-order valence-electron chi connectivity index (χ4n) is 5.39. The van der Waals surface area contributed by atoms with Gasteiger partial charge in [-0.05, 0) is 56.6 Å². The fraction of sp³-hybridized carbons (Fsp3) is 0.375. The van der Waals surface area contributed by atoms with Crippen molar-refractivity contribution in [2.45, 2.75) is 17.8 Å². The number of allylic oxidation sites excluding steroid dienone is 4. The van der Waals surface area contributed by atoms with E-state index in [1.807, 2.05) is 28.9 Å². The first-order valence-corrected chi connectivity index (χ1v) is 12.2. The van der Waals surface area contributed by atoms with E-state index in [-0.39, 0.29) is 5.38 Å². The van der Waals surface area contributed by atoms with Crippen LogP contribution in [0.2, 0.25) is 10.0 Å². The summed E-state index contributed by atoms with van der Waals surface area (Å²) in [7, 11) is 4.33. The molecule has 6 rings (SSSR count). The first-order valence-electron chi connectivity index (χ1n) is 11.1. The van der Waals surface area contributed by atoms with E-state index in [0.29, 0.717) is 33.7 Å². The fourth-order valence-corrected chi connectivity index (χ4v) is 6.05. The van der Waals surface area contributed by atoms with Gasteiger partial charge < -0.3 is 9.80 Å². The van der Waals surface area contributed by atoms with E-state index in [1.54, 1.807) is 12.4 Å². The summed E-state index contributed by atoms with van der Waals surface area (Å²) >= 11 is 19.1. The molecule has 2 fully saturated rings. The maximum atomic E-state index is 6.62. The van der Waals surface area contributed by atoms with Gasteiger partial charge in [0.2, 0.25) is 0 Å². The molecule has 3 aromatic rings. The van der Waals surface area contributed by atoms with Gasteiger partial charge in [0.25, 0.3) is 0 Å². The number of imidazole rings is 1. The van der Waals surface area contributed by atoms with E-state index in [1.165, 1.54) is 0 Å². The Hall–Kier alpha value is -2.12. The quantitative estimate of drug-likeness (QED) is 0.460. The molecule has 0 radical (unpaired) electrons. The van der Waals surface area contributed by atoms with Crippen molar-refractivity contribution in [2.24, 2.45) is 11.8 Å². The molecule has 2 aliphatic carbocycles. The molecule has 1 aliphatic heterocycles. The Morgan fingerprint density at radius 1 is 1.09 bits per heavy atom. The van der Waals surface area contributed by atoms with Crippen LogP contribution in [0.3, 0.4) is 0 Å². The number of alkyl halides is 1. The van der Waals surface area contributed by atoms with E-state index in [4.69, 9.17) is 39.8 Å². The van der Waals surface area contributed by atoms with Crippen molar-refractivity contribution in [1.82, 2.24) is 24.4 Å². The average molecular weight is 502 g/mol. The van der Waals surface area contributed by atoms with Crippen molar-refractivity contribution in [3.05, 3.63) is 52.8 Å². The largest absolute Gasteiger partial charge is 0.354 e. The Morgan fingerprint density at radius 2 is 1.88 bits per heavy atom. The predicted octanol–water partition coefficient (Wildman–Crippen LogP) is 5.20. The number of hydrogen-bond acceptors (Lipinski definition) is 5. The van der Waals surface area contributed by atoms with Crippen molar-refractivity contribution in [2.75, 3.05) is 32.1 Å². The summed E-state index contributed by atoms with van der Waals surface area (Å²) < 4.78 is 2.05. The number of benzene rings is 1. The number of halogens is 3. The Kier molecular flexibility index (Phi) is 5.18. The van der Waals surface area contributed by atoms with E-state index in [0.717, 1.165) is 47.8 Å². The van der Waals surface area contributed by atoms with Gasteiger partial charge in [-0.25, -0.2) is 15.0 Å². The van der Waals surface area contributed by atoms with Crippen LogP contribution in [0, 0.1) is 11.8 Å². The molecule has 1 saturated heterocycles. The number of nitrogens with zero attached hydrogens (tertiary/aromatic N) is 6. The zero-order chi connectivity index (χ0) is 22.9. The van der Waals surface area contributed by atoms with Gasteiger partial charge in [0.1, 0.15) is 12.2 Å². The average Bonchev–Trinajstić information content (AvgIpc) is 3.11. The minimum atomic E-state index is -0.0164. The molecule has 0 bridgehead atoms. The molecule has 1 aromatic carbocycles. The third kappa shape index (κ3) is 3.55. The Bertz CT molecular complexity index is 1300. The SMILES string of the molecule is CN(C)C1[C@H]2CN(c3ncnc4c3nc(-c3ccc(Cl)cc3Cl)n4C3=CC[C@H](Cl)C=C3)C[C@@H]12. The highest BCUT2D eigenvalue weighted by Crippen LogP contribution is 2.49. The van der Waals surface area contributed by atoms with Crippen LogP contribution in [0.25, 0.3) is 28.2 Å². The molecule has 4 atom stereocenters. The van der Waals surface area contributed by atoms with E-state index in [2.05, 4.69) is 39.9 Å². The molecule has 170 valence electrons. The molecule has 0 spiro atoms. The molecule has 0 amide bonds. The van der Waals surface area contributed by atoms with Gasteiger partial charge in [-0.2, -0.15) is 0 Å². The summed E-state index contributed by atoms with van der Waals surface area (Å²) in [5.74, 6) is 2.96. The monoisotopic (exact) mass is 500 g/mol. The molecule has 3 aliphatic rings. The number of piperidine rings is 1. The van der Waals surface area contributed by atoms with Crippen LogP contribution in [-0.2, 0) is 0 Å². The van der Waals surface area contributed by atoms with Crippen LogP contribution < -0.4 is 4.90 Å².